The highest BCUT2D eigenvalue weighted by Crippen LogP contribution is 2.32. The summed E-state index contributed by atoms with van der Waals surface area (Å²) in [7, 11) is 2.20. The van der Waals surface area contributed by atoms with E-state index in [1.807, 2.05) is 0 Å². The number of ether oxygens (including phenoxy) is 3. The van der Waals surface area contributed by atoms with Gasteiger partial charge < -0.3 is 14.2 Å². The lowest BCUT2D eigenvalue weighted by atomic mass is 10.2. The number of nitrogens with zero attached hydrogens (tertiary/aromatic N) is 1. The quantitative estimate of drug-likeness (QED) is 0.783. The van der Waals surface area contributed by atoms with Crippen molar-refractivity contribution in [3.63, 3.8) is 0 Å². The number of pyridine rings is 1. The molecule has 0 aliphatic rings. The molecule has 0 amide bonds. The molecule has 0 unspecified atom stereocenters. The van der Waals surface area contributed by atoms with Crippen LogP contribution < -0.4 is 9.47 Å². The van der Waals surface area contributed by atoms with Crippen LogP contribution in [0.15, 0.2) is 6.07 Å². The Bertz CT molecular complexity index is 459. The molecule has 1 rings (SSSR count). The van der Waals surface area contributed by atoms with Gasteiger partial charge in [-0.2, -0.15) is 0 Å². The maximum atomic E-state index is 12.2. The van der Waals surface area contributed by atoms with Crippen molar-refractivity contribution in [2.75, 3.05) is 14.2 Å². The molecular formula is C10H10F3NO4. The summed E-state index contributed by atoms with van der Waals surface area (Å²) in [5.74, 6) is -2.03. The molecule has 0 saturated carbocycles. The number of rotatable bonds is 3. The Labute approximate surface area is 100 Å². The van der Waals surface area contributed by atoms with Gasteiger partial charge in [-0.05, 0) is 6.92 Å². The maximum Gasteiger partial charge on any atom is 0.573 e. The second-order valence-electron chi connectivity index (χ2n) is 3.19. The molecule has 1 heterocycles. The van der Waals surface area contributed by atoms with Gasteiger partial charge >= 0.3 is 12.3 Å². The van der Waals surface area contributed by atoms with Crippen LogP contribution in [0.5, 0.6) is 11.6 Å². The topological polar surface area (TPSA) is 57.7 Å². The van der Waals surface area contributed by atoms with E-state index in [-0.39, 0.29) is 11.6 Å². The molecule has 5 nitrogen and oxygen atoms in total. The normalized spacial score (nSPS) is 11.0. The van der Waals surface area contributed by atoms with Crippen molar-refractivity contribution in [2.45, 2.75) is 13.3 Å². The van der Waals surface area contributed by atoms with Crippen LogP contribution in [0.25, 0.3) is 0 Å². The van der Waals surface area contributed by atoms with Crippen molar-refractivity contribution >= 4 is 5.97 Å². The molecule has 0 aromatic carbocycles. The smallest absolute Gasteiger partial charge is 0.480 e. The fourth-order valence-electron chi connectivity index (χ4n) is 1.26. The summed E-state index contributed by atoms with van der Waals surface area (Å²) >= 11 is 0. The van der Waals surface area contributed by atoms with Gasteiger partial charge in [0, 0.05) is 11.8 Å². The zero-order valence-electron chi connectivity index (χ0n) is 9.79. The number of carbonyl (C=O) groups is 1. The van der Waals surface area contributed by atoms with E-state index < -0.39 is 23.6 Å². The van der Waals surface area contributed by atoms with Crippen molar-refractivity contribution in [2.24, 2.45) is 0 Å². The van der Waals surface area contributed by atoms with E-state index in [0.29, 0.717) is 0 Å². The van der Waals surface area contributed by atoms with Crippen LogP contribution in [-0.4, -0.2) is 31.5 Å². The van der Waals surface area contributed by atoms with Crippen LogP contribution in [0.3, 0.4) is 0 Å². The number of aromatic nitrogens is 1. The van der Waals surface area contributed by atoms with E-state index in [9.17, 15) is 18.0 Å². The van der Waals surface area contributed by atoms with Crippen molar-refractivity contribution in [3.05, 3.63) is 17.3 Å². The first kappa shape index (κ1) is 14.1. The maximum absolute atomic E-state index is 12.2. The monoisotopic (exact) mass is 265 g/mol. The molecule has 0 radical (unpaired) electrons. The van der Waals surface area contributed by atoms with E-state index in [2.05, 4.69) is 14.5 Å². The fourth-order valence-corrected chi connectivity index (χ4v) is 1.26. The number of aryl methyl sites for hydroxylation is 1. The molecule has 0 aliphatic carbocycles. The molecule has 100 valence electrons. The lowest BCUT2D eigenvalue weighted by Gasteiger charge is -2.14. The Kier molecular flexibility index (Phi) is 4.00. The standard InChI is InChI=1S/C10H10F3NO4/c1-5-4-6(18-10(11,12)13)7(9(15)17-3)8(14-5)16-2/h4H,1-3H3. The number of hydrogen-bond donors (Lipinski definition) is 0. The number of esters is 1. The van der Waals surface area contributed by atoms with Crippen LogP contribution in [0.2, 0.25) is 0 Å². The first-order chi connectivity index (χ1) is 8.28. The second kappa shape index (κ2) is 5.11. The minimum Gasteiger partial charge on any atom is -0.480 e. The zero-order chi connectivity index (χ0) is 13.9. The van der Waals surface area contributed by atoms with Crippen LogP contribution in [0.1, 0.15) is 16.1 Å². The molecule has 8 heteroatoms. The van der Waals surface area contributed by atoms with Gasteiger partial charge in [0.15, 0.2) is 11.3 Å². The summed E-state index contributed by atoms with van der Waals surface area (Å²) in [4.78, 5) is 15.2. The second-order valence-corrected chi connectivity index (χ2v) is 3.19. The Hall–Kier alpha value is -1.99. The van der Waals surface area contributed by atoms with Crippen molar-refractivity contribution in [1.82, 2.24) is 4.98 Å². The van der Waals surface area contributed by atoms with Gasteiger partial charge in [0.1, 0.15) is 0 Å². The Morgan fingerprint density at radius 3 is 2.39 bits per heavy atom. The summed E-state index contributed by atoms with van der Waals surface area (Å²) in [6.07, 6.45) is -4.93. The van der Waals surface area contributed by atoms with E-state index in [1.165, 1.54) is 14.0 Å². The lowest BCUT2D eigenvalue weighted by Crippen LogP contribution is -2.20. The summed E-state index contributed by atoms with van der Waals surface area (Å²) in [6, 6.07) is 0.974. The van der Waals surface area contributed by atoms with E-state index in [0.717, 1.165) is 13.2 Å². The average Bonchev–Trinajstić information content (AvgIpc) is 2.25. The highest BCUT2D eigenvalue weighted by Gasteiger charge is 2.35. The largest absolute Gasteiger partial charge is 0.573 e. The number of methoxy groups -OCH3 is 2. The summed E-state index contributed by atoms with van der Waals surface area (Å²) in [6.45, 7) is 1.44. The van der Waals surface area contributed by atoms with E-state index in [1.54, 1.807) is 0 Å². The van der Waals surface area contributed by atoms with Crippen molar-refractivity contribution in [1.29, 1.82) is 0 Å². The van der Waals surface area contributed by atoms with Gasteiger partial charge in [-0.3, -0.25) is 0 Å². The molecular weight excluding hydrogens is 255 g/mol. The van der Waals surface area contributed by atoms with Gasteiger partial charge in [-0.1, -0.05) is 0 Å². The molecule has 1 aromatic heterocycles. The Morgan fingerprint density at radius 1 is 1.33 bits per heavy atom. The predicted molar refractivity (Wildman–Crippen MR) is 53.5 cm³/mol. The van der Waals surface area contributed by atoms with E-state index >= 15 is 0 Å². The van der Waals surface area contributed by atoms with Crippen LogP contribution in [0.4, 0.5) is 13.2 Å². The third-order valence-corrected chi connectivity index (χ3v) is 1.89. The van der Waals surface area contributed by atoms with Gasteiger partial charge in [0.05, 0.1) is 14.2 Å². The molecule has 0 fully saturated rings. The SMILES string of the molecule is COC(=O)c1c(OC(F)(F)F)cc(C)nc1OC. The average molecular weight is 265 g/mol. The molecule has 0 bridgehead atoms. The minimum atomic E-state index is -4.93. The molecule has 0 saturated heterocycles. The summed E-state index contributed by atoms with van der Waals surface area (Å²) in [5.41, 5.74) is -0.304. The minimum absolute atomic E-state index is 0.207. The Balaban J connectivity index is 3.37. The van der Waals surface area contributed by atoms with Crippen LogP contribution in [0, 0.1) is 6.92 Å². The first-order valence-corrected chi connectivity index (χ1v) is 4.68. The highest BCUT2D eigenvalue weighted by atomic mass is 19.4. The summed E-state index contributed by atoms with van der Waals surface area (Å²) in [5, 5.41) is 0. The Morgan fingerprint density at radius 2 is 1.94 bits per heavy atom. The molecule has 1 aromatic rings. The zero-order valence-corrected chi connectivity index (χ0v) is 9.79. The molecule has 18 heavy (non-hydrogen) atoms. The number of hydrogen-bond acceptors (Lipinski definition) is 5. The highest BCUT2D eigenvalue weighted by molar-refractivity contribution is 5.95. The van der Waals surface area contributed by atoms with Gasteiger partial charge in [0.2, 0.25) is 5.88 Å². The molecule has 0 N–H and O–H groups in total. The lowest BCUT2D eigenvalue weighted by molar-refractivity contribution is -0.274. The molecule has 0 spiro atoms. The first-order valence-electron chi connectivity index (χ1n) is 4.68. The predicted octanol–water partition coefficient (Wildman–Crippen LogP) is 2.08. The summed E-state index contributed by atoms with van der Waals surface area (Å²) < 4.78 is 49.5. The number of carbonyl (C=O) groups excluding carboxylic acids is 1. The third-order valence-electron chi connectivity index (χ3n) is 1.89. The fraction of sp³-hybridized carbons (Fsp3) is 0.400. The van der Waals surface area contributed by atoms with Crippen LogP contribution in [-0.2, 0) is 4.74 Å². The van der Waals surface area contributed by atoms with Gasteiger partial charge in [0.25, 0.3) is 0 Å². The van der Waals surface area contributed by atoms with Crippen LogP contribution >= 0.6 is 0 Å². The van der Waals surface area contributed by atoms with Crippen molar-refractivity contribution < 1.29 is 32.2 Å². The molecule has 0 aliphatic heterocycles. The third kappa shape index (κ3) is 3.25. The molecule has 0 atom stereocenters. The number of alkyl halides is 3. The van der Waals surface area contributed by atoms with Gasteiger partial charge in [-0.15, -0.1) is 13.2 Å². The van der Waals surface area contributed by atoms with E-state index in [4.69, 9.17) is 4.74 Å². The number of halogens is 3. The van der Waals surface area contributed by atoms with Gasteiger partial charge in [-0.25, -0.2) is 9.78 Å². The van der Waals surface area contributed by atoms with Crippen molar-refractivity contribution in [3.8, 4) is 11.6 Å².